The third kappa shape index (κ3) is 4.05. The van der Waals surface area contributed by atoms with E-state index in [-0.39, 0.29) is 18.7 Å². The molecule has 0 fully saturated rings. The third-order valence-corrected chi connectivity index (χ3v) is 4.11. The van der Waals surface area contributed by atoms with Crippen molar-refractivity contribution in [2.24, 2.45) is 0 Å². The van der Waals surface area contributed by atoms with Gasteiger partial charge in [-0.3, -0.25) is 9.36 Å². The van der Waals surface area contributed by atoms with E-state index in [4.69, 9.17) is 10.00 Å². The molecule has 0 radical (unpaired) electrons. The van der Waals surface area contributed by atoms with E-state index in [1.165, 1.54) is 10.9 Å². The average molecular weight is 400 g/mol. The second-order valence-corrected chi connectivity index (χ2v) is 6.38. The largest absolute Gasteiger partial charge is 0.491 e. The first-order chi connectivity index (χ1) is 12.1. The fourth-order valence-electron chi connectivity index (χ4n) is 2.36. The van der Waals surface area contributed by atoms with E-state index in [1.54, 1.807) is 36.4 Å². The Morgan fingerprint density at radius 2 is 2.04 bits per heavy atom. The van der Waals surface area contributed by atoms with Crippen LogP contribution < -0.4 is 10.3 Å². The zero-order valence-electron chi connectivity index (χ0n) is 13.1. The van der Waals surface area contributed by atoms with Gasteiger partial charge in [0, 0.05) is 4.47 Å². The number of fused-ring (bicyclic) bond motifs is 1. The fourth-order valence-corrected chi connectivity index (χ4v) is 2.72. The maximum absolute atomic E-state index is 12.5. The second kappa shape index (κ2) is 7.47. The van der Waals surface area contributed by atoms with E-state index in [2.05, 4.69) is 20.9 Å². The molecule has 7 heteroatoms. The molecule has 25 heavy (non-hydrogen) atoms. The molecular weight excluding hydrogens is 386 g/mol. The molecule has 0 aliphatic carbocycles. The second-order valence-electron chi connectivity index (χ2n) is 5.46. The van der Waals surface area contributed by atoms with Gasteiger partial charge in [-0.05, 0) is 42.5 Å². The summed E-state index contributed by atoms with van der Waals surface area (Å²) in [6, 6.07) is 13.9. The lowest BCUT2D eigenvalue weighted by atomic mass is 10.2. The first kappa shape index (κ1) is 17.1. The molecule has 0 amide bonds. The van der Waals surface area contributed by atoms with Crippen LogP contribution in [0.3, 0.4) is 0 Å². The van der Waals surface area contributed by atoms with E-state index in [0.29, 0.717) is 22.2 Å². The Morgan fingerprint density at radius 1 is 1.28 bits per heavy atom. The Balaban J connectivity index is 1.69. The zero-order chi connectivity index (χ0) is 17.8. The van der Waals surface area contributed by atoms with Crippen LogP contribution in [0.4, 0.5) is 0 Å². The monoisotopic (exact) mass is 399 g/mol. The molecular formula is C18H14BrN3O3. The van der Waals surface area contributed by atoms with E-state index < -0.39 is 6.10 Å². The van der Waals surface area contributed by atoms with Crippen LogP contribution in [0.25, 0.3) is 10.9 Å². The number of hydrogen-bond donors (Lipinski definition) is 1. The van der Waals surface area contributed by atoms with E-state index in [9.17, 15) is 9.90 Å². The minimum atomic E-state index is -0.875. The van der Waals surface area contributed by atoms with Crippen molar-refractivity contribution in [1.82, 2.24) is 9.55 Å². The summed E-state index contributed by atoms with van der Waals surface area (Å²) in [5.41, 5.74) is 0.921. The molecule has 0 saturated heterocycles. The van der Waals surface area contributed by atoms with E-state index >= 15 is 0 Å². The van der Waals surface area contributed by atoms with Gasteiger partial charge in [0.05, 0.1) is 35.4 Å². The number of aromatic nitrogens is 2. The van der Waals surface area contributed by atoms with Crippen LogP contribution in [0, 0.1) is 11.3 Å². The van der Waals surface area contributed by atoms with Crippen molar-refractivity contribution in [2.75, 3.05) is 6.61 Å². The van der Waals surface area contributed by atoms with Gasteiger partial charge in [0.25, 0.3) is 5.56 Å². The Labute approximate surface area is 152 Å². The SMILES string of the molecule is N#Cc1ccc(OC[C@H](O)Cn2cnc3ccc(Br)cc3c2=O)cc1. The van der Waals surface area contributed by atoms with Crippen LogP contribution in [-0.2, 0) is 6.54 Å². The number of nitriles is 1. The number of aliphatic hydroxyl groups excluding tert-OH is 1. The van der Waals surface area contributed by atoms with Crippen LogP contribution in [0.2, 0.25) is 0 Å². The molecule has 1 N–H and O–H groups in total. The Morgan fingerprint density at radius 3 is 2.76 bits per heavy atom. The zero-order valence-corrected chi connectivity index (χ0v) is 14.7. The van der Waals surface area contributed by atoms with Gasteiger partial charge in [-0.2, -0.15) is 5.26 Å². The molecule has 1 heterocycles. The van der Waals surface area contributed by atoms with Crippen molar-refractivity contribution in [2.45, 2.75) is 12.6 Å². The predicted molar refractivity (Wildman–Crippen MR) is 96.4 cm³/mol. The molecule has 0 spiro atoms. The minimum Gasteiger partial charge on any atom is -0.491 e. The summed E-state index contributed by atoms with van der Waals surface area (Å²) in [4.78, 5) is 16.7. The lowest BCUT2D eigenvalue weighted by Gasteiger charge is -2.14. The number of ether oxygens (including phenoxy) is 1. The lowest BCUT2D eigenvalue weighted by molar-refractivity contribution is 0.0915. The molecule has 0 aliphatic rings. The normalized spacial score (nSPS) is 11.9. The summed E-state index contributed by atoms with van der Waals surface area (Å²) in [6.07, 6.45) is 0.545. The maximum atomic E-state index is 12.5. The van der Waals surface area contributed by atoms with Gasteiger partial charge < -0.3 is 9.84 Å². The summed E-state index contributed by atoms with van der Waals surface area (Å²) in [6.45, 7) is 0.0967. The third-order valence-electron chi connectivity index (χ3n) is 3.62. The highest BCUT2D eigenvalue weighted by atomic mass is 79.9. The fraction of sp³-hybridized carbons (Fsp3) is 0.167. The van der Waals surface area contributed by atoms with Gasteiger partial charge >= 0.3 is 0 Å². The smallest absolute Gasteiger partial charge is 0.261 e. The summed E-state index contributed by atoms with van der Waals surface area (Å²) in [5, 5.41) is 19.4. The minimum absolute atomic E-state index is 0.0227. The summed E-state index contributed by atoms with van der Waals surface area (Å²) in [7, 11) is 0. The van der Waals surface area contributed by atoms with Crippen molar-refractivity contribution in [3.05, 3.63) is 69.2 Å². The van der Waals surface area contributed by atoms with Crippen LogP contribution >= 0.6 is 15.9 Å². The highest BCUT2D eigenvalue weighted by Gasteiger charge is 2.10. The molecule has 2 aromatic carbocycles. The number of hydrogen-bond acceptors (Lipinski definition) is 5. The van der Waals surface area contributed by atoms with Crippen molar-refractivity contribution < 1.29 is 9.84 Å². The first-order valence-electron chi connectivity index (χ1n) is 7.52. The van der Waals surface area contributed by atoms with Gasteiger partial charge in [-0.1, -0.05) is 15.9 Å². The lowest BCUT2D eigenvalue weighted by Crippen LogP contribution is -2.30. The van der Waals surface area contributed by atoms with E-state index in [1.807, 2.05) is 12.1 Å². The van der Waals surface area contributed by atoms with Crippen molar-refractivity contribution >= 4 is 26.8 Å². The summed E-state index contributed by atoms with van der Waals surface area (Å²) in [5.74, 6) is 0.547. The number of benzene rings is 2. The van der Waals surface area contributed by atoms with Crippen LogP contribution in [0.15, 0.2) is 58.1 Å². The Hall–Kier alpha value is -2.69. The van der Waals surface area contributed by atoms with E-state index in [0.717, 1.165) is 4.47 Å². The van der Waals surface area contributed by atoms with Crippen molar-refractivity contribution in [1.29, 1.82) is 5.26 Å². The number of rotatable bonds is 5. The molecule has 126 valence electrons. The molecule has 3 rings (SSSR count). The van der Waals surface area contributed by atoms with Crippen LogP contribution in [-0.4, -0.2) is 27.4 Å². The standard InChI is InChI=1S/C18H14BrN3O3/c19-13-3-6-17-16(7-13)18(24)22(11-21-17)9-14(23)10-25-15-4-1-12(8-20)2-5-15/h1-7,11,14,23H,9-10H2/t14-/m1/s1. The number of aliphatic hydroxyl groups is 1. The summed E-state index contributed by atoms with van der Waals surface area (Å²) < 4.78 is 7.64. The van der Waals surface area contributed by atoms with Crippen molar-refractivity contribution in [3.63, 3.8) is 0 Å². The highest BCUT2D eigenvalue weighted by Crippen LogP contribution is 2.15. The first-order valence-corrected chi connectivity index (χ1v) is 8.32. The molecule has 0 saturated carbocycles. The summed E-state index contributed by atoms with van der Waals surface area (Å²) >= 11 is 3.34. The van der Waals surface area contributed by atoms with Crippen LogP contribution in [0.5, 0.6) is 5.75 Å². The van der Waals surface area contributed by atoms with Gasteiger partial charge in [0.15, 0.2) is 0 Å². The highest BCUT2D eigenvalue weighted by molar-refractivity contribution is 9.10. The molecule has 0 aliphatic heterocycles. The molecule has 1 atom stereocenters. The van der Waals surface area contributed by atoms with Crippen molar-refractivity contribution in [3.8, 4) is 11.8 Å². The molecule has 3 aromatic rings. The molecule has 0 unspecified atom stereocenters. The van der Waals surface area contributed by atoms with Gasteiger partial charge in [0.2, 0.25) is 0 Å². The number of halogens is 1. The van der Waals surface area contributed by atoms with Gasteiger partial charge in [-0.15, -0.1) is 0 Å². The maximum Gasteiger partial charge on any atom is 0.261 e. The molecule has 0 bridgehead atoms. The average Bonchev–Trinajstić information content (AvgIpc) is 2.63. The quantitative estimate of drug-likeness (QED) is 0.711. The Kier molecular flexibility index (Phi) is 5.12. The van der Waals surface area contributed by atoms with Gasteiger partial charge in [0.1, 0.15) is 18.5 Å². The Bertz CT molecular complexity index is 993. The molecule has 1 aromatic heterocycles. The predicted octanol–water partition coefficient (Wildman–Crippen LogP) is 2.47. The number of nitrogens with zero attached hydrogens (tertiary/aromatic N) is 3. The van der Waals surface area contributed by atoms with Gasteiger partial charge in [-0.25, -0.2) is 4.98 Å². The van der Waals surface area contributed by atoms with Crippen LogP contribution in [0.1, 0.15) is 5.56 Å². The molecule has 6 nitrogen and oxygen atoms in total. The topological polar surface area (TPSA) is 88.1 Å².